The Kier molecular flexibility index (Phi) is 3.08. The number of rotatable bonds is 2. The van der Waals surface area contributed by atoms with Crippen LogP contribution >= 0.6 is 0 Å². The van der Waals surface area contributed by atoms with Gasteiger partial charge in [0.05, 0.1) is 23.3 Å². The fourth-order valence-electron chi connectivity index (χ4n) is 3.12. The van der Waals surface area contributed by atoms with E-state index in [0.717, 1.165) is 13.0 Å². The molecule has 23 heavy (non-hydrogen) atoms. The molecule has 114 valence electrons. The summed E-state index contributed by atoms with van der Waals surface area (Å²) in [6, 6.07) is 5.56. The monoisotopic (exact) mass is 307 g/mol. The molecule has 7 nitrogen and oxygen atoms in total. The summed E-state index contributed by atoms with van der Waals surface area (Å²) in [6.07, 6.45) is 5.70. The van der Waals surface area contributed by atoms with Crippen LogP contribution in [0.4, 0.5) is 5.69 Å². The van der Waals surface area contributed by atoms with Crippen LogP contribution in [0.3, 0.4) is 0 Å². The van der Waals surface area contributed by atoms with Crippen LogP contribution in [0.25, 0.3) is 11.0 Å². The predicted octanol–water partition coefficient (Wildman–Crippen LogP) is 1.78. The molecule has 1 saturated heterocycles. The molecule has 0 amide bonds. The Morgan fingerprint density at radius 1 is 1.39 bits per heavy atom. The molecule has 1 fully saturated rings. The number of H-pyrrole nitrogens is 1. The Bertz CT molecular complexity index is 955. The summed E-state index contributed by atoms with van der Waals surface area (Å²) in [4.78, 5) is 25.5. The van der Waals surface area contributed by atoms with Gasteiger partial charge >= 0.3 is 0 Å². The third-order valence-corrected chi connectivity index (χ3v) is 4.16. The fourth-order valence-corrected chi connectivity index (χ4v) is 3.12. The smallest absolute Gasteiger partial charge is 0.268 e. The Morgan fingerprint density at radius 3 is 3.09 bits per heavy atom. The maximum absolute atomic E-state index is 12.2. The summed E-state index contributed by atoms with van der Waals surface area (Å²) in [6.45, 7) is 1.36. The van der Waals surface area contributed by atoms with E-state index >= 15 is 0 Å². The van der Waals surface area contributed by atoms with Crippen molar-refractivity contribution in [3.8, 4) is 6.07 Å². The molecule has 3 aromatic heterocycles. The summed E-state index contributed by atoms with van der Waals surface area (Å²) >= 11 is 0. The van der Waals surface area contributed by atoms with Crippen LogP contribution in [-0.4, -0.2) is 28.0 Å². The summed E-state index contributed by atoms with van der Waals surface area (Å²) in [5, 5.41) is 9.41. The number of aromatic nitrogens is 3. The lowest BCUT2D eigenvalue weighted by molar-refractivity contribution is 0.459. The number of anilines is 1. The Morgan fingerprint density at radius 2 is 2.30 bits per heavy atom. The zero-order valence-corrected chi connectivity index (χ0v) is 12.2. The number of aromatic amines is 1. The third-order valence-electron chi connectivity index (χ3n) is 4.16. The molecule has 0 radical (unpaired) electrons. The number of fused-ring (bicyclic) bond motifs is 1. The first-order chi connectivity index (χ1) is 11.3. The van der Waals surface area contributed by atoms with Gasteiger partial charge in [0.15, 0.2) is 5.89 Å². The highest BCUT2D eigenvalue weighted by atomic mass is 16.3. The molecule has 0 aliphatic carbocycles. The van der Waals surface area contributed by atoms with Gasteiger partial charge in [-0.3, -0.25) is 9.78 Å². The first-order valence-corrected chi connectivity index (χ1v) is 7.33. The average Bonchev–Trinajstić information content (AvgIpc) is 3.24. The van der Waals surface area contributed by atoms with Crippen LogP contribution in [0.2, 0.25) is 0 Å². The van der Waals surface area contributed by atoms with Crippen LogP contribution in [0.15, 0.2) is 40.0 Å². The van der Waals surface area contributed by atoms with Crippen molar-refractivity contribution in [2.75, 3.05) is 18.0 Å². The van der Waals surface area contributed by atoms with Crippen molar-refractivity contribution in [2.24, 2.45) is 0 Å². The summed E-state index contributed by atoms with van der Waals surface area (Å²) < 4.78 is 5.38. The lowest BCUT2D eigenvalue weighted by atomic mass is 10.1. The van der Waals surface area contributed by atoms with E-state index in [1.54, 1.807) is 30.8 Å². The van der Waals surface area contributed by atoms with Gasteiger partial charge in [-0.25, -0.2) is 4.98 Å². The molecule has 4 rings (SSSR count). The van der Waals surface area contributed by atoms with Crippen molar-refractivity contribution in [3.05, 3.63) is 52.6 Å². The maximum atomic E-state index is 12.2. The SMILES string of the molecule is N#Cc1c(N2CCC(c3ncco3)C2)c2ncccc2[nH]c1=O. The molecule has 3 aromatic rings. The number of oxazole rings is 1. The number of hydrogen-bond acceptors (Lipinski definition) is 6. The van der Waals surface area contributed by atoms with E-state index < -0.39 is 0 Å². The molecule has 0 spiro atoms. The van der Waals surface area contributed by atoms with Crippen molar-refractivity contribution in [1.82, 2.24) is 15.0 Å². The number of pyridine rings is 2. The minimum absolute atomic E-state index is 0.101. The lowest BCUT2D eigenvalue weighted by Crippen LogP contribution is -2.25. The number of nitriles is 1. The standard InChI is InChI=1S/C16H13N5O2/c17-8-11-14(13-12(20-15(11)22)2-1-4-18-13)21-6-3-10(9-21)16-19-5-7-23-16/h1-2,4-5,7,10H,3,6,9H2,(H,20,22). The van der Waals surface area contributed by atoms with Crippen molar-refractivity contribution in [2.45, 2.75) is 12.3 Å². The van der Waals surface area contributed by atoms with Gasteiger partial charge in [-0.2, -0.15) is 5.26 Å². The molecular weight excluding hydrogens is 294 g/mol. The topological polar surface area (TPSA) is 98.8 Å². The molecule has 1 atom stereocenters. The van der Waals surface area contributed by atoms with Crippen molar-refractivity contribution in [1.29, 1.82) is 5.26 Å². The molecular formula is C16H13N5O2. The first-order valence-electron chi connectivity index (χ1n) is 7.33. The van der Waals surface area contributed by atoms with E-state index in [1.165, 1.54) is 0 Å². The van der Waals surface area contributed by atoms with Crippen LogP contribution in [0, 0.1) is 11.3 Å². The quantitative estimate of drug-likeness (QED) is 0.774. The largest absolute Gasteiger partial charge is 0.449 e. The second-order valence-electron chi connectivity index (χ2n) is 5.49. The first kappa shape index (κ1) is 13.5. The van der Waals surface area contributed by atoms with E-state index in [0.29, 0.717) is 29.2 Å². The van der Waals surface area contributed by atoms with Crippen molar-refractivity contribution in [3.63, 3.8) is 0 Å². The molecule has 4 heterocycles. The lowest BCUT2D eigenvalue weighted by Gasteiger charge is -2.20. The Balaban J connectivity index is 1.83. The number of nitrogens with zero attached hydrogens (tertiary/aromatic N) is 4. The highest BCUT2D eigenvalue weighted by molar-refractivity contribution is 5.91. The fraction of sp³-hybridized carbons (Fsp3) is 0.250. The van der Waals surface area contributed by atoms with Gasteiger partial charge in [0, 0.05) is 19.3 Å². The van der Waals surface area contributed by atoms with Gasteiger partial charge in [0.2, 0.25) is 0 Å². The summed E-state index contributed by atoms with van der Waals surface area (Å²) in [5.74, 6) is 0.836. The zero-order valence-electron chi connectivity index (χ0n) is 12.2. The summed E-state index contributed by atoms with van der Waals surface area (Å²) in [5.41, 5.74) is 1.58. The van der Waals surface area contributed by atoms with Gasteiger partial charge in [0.1, 0.15) is 23.4 Å². The molecule has 1 N–H and O–H groups in total. The second-order valence-corrected chi connectivity index (χ2v) is 5.49. The second kappa shape index (κ2) is 5.25. The van der Waals surface area contributed by atoms with Gasteiger partial charge in [0.25, 0.3) is 5.56 Å². The third kappa shape index (κ3) is 2.16. The number of nitrogens with one attached hydrogen (secondary N) is 1. The minimum atomic E-state index is -0.387. The van der Waals surface area contributed by atoms with Crippen LogP contribution < -0.4 is 10.5 Å². The summed E-state index contributed by atoms with van der Waals surface area (Å²) in [7, 11) is 0. The zero-order chi connectivity index (χ0) is 15.8. The predicted molar refractivity (Wildman–Crippen MR) is 83.2 cm³/mol. The Labute approximate surface area is 131 Å². The van der Waals surface area contributed by atoms with Crippen molar-refractivity contribution >= 4 is 16.7 Å². The van der Waals surface area contributed by atoms with E-state index in [-0.39, 0.29) is 17.0 Å². The van der Waals surface area contributed by atoms with Crippen LogP contribution in [0.5, 0.6) is 0 Å². The van der Waals surface area contributed by atoms with Crippen LogP contribution in [0.1, 0.15) is 23.8 Å². The molecule has 1 aliphatic heterocycles. The highest BCUT2D eigenvalue weighted by Gasteiger charge is 2.30. The molecule has 1 aliphatic rings. The van der Waals surface area contributed by atoms with E-state index in [9.17, 15) is 10.1 Å². The average molecular weight is 307 g/mol. The van der Waals surface area contributed by atoms with Gasteiger partial charge < -0.3 is 14.3 Å². The molecule has 0 saturated carbocycles. The van der Waals surface area contributed by atoms with E-state index in [4.69, 9.17) is 4.42 Å². The molecule has 0 aromatic carbocycles. The van der Waals surface area contributed by atoms with Crippen molar-refractivity contribution < 1.29 is 4.42 Å². The Hall–Kier alpha value is -3.14. The van der Waals surface area contributed by atoms with E-state index in [2.05, 4.69) is 15.0 Å². The maximum Gasteiger partial charge on any atom is 0.268 e. The normalized spacial score (nSPS) is 17.5. The highest BCUT2D eigenvalue weighted by Crippen LogP contribution is 2.33. The molecule has 7 heteroatoms. The van der Waals surface area contributed by atoms with Gasteiger partial charge in [-0.15, -0.1) is 0 Å². The molecule has 1 unspecified atom stereocenters. The minimum Gasteiger partial charge on any atom is -0.449 e. The van der Waals surface area contributed by atoms with Crippen LogP contribution in [-0.2, 0) is 0 Å². The van der Waals surface area contributed by atoms with Gasteiger partial charge in [-0.1, -0.05) is 0 Å². The number of hydrogen-bond donors (Lipinski definition) is 1. The van der Waals surface area contributed by atoms with Gasteiger partial charge in [-0.05, 0) is 18.6 Å². The molecule has 0 bridgehead atoms. The van der Waals surface area contributed by atoms with E-state index in [1.807, 2.05) is 11.0 Å².